The van der Waals surface area contributed by atoms with Crippen LogP contribution in [0.15, 0.2) is 24.3 Å². The number of rotatable bonds is 2. The molecule has 0 aliphatic rings. The summed E-state index contributed by atoms with van der Waals surface area (Å²) in [6.45, 7) is 0. The van der Waals surface area contributed by atoms with Gasteiger partial charge in [0.25, 0.3) is 0 Å². The standard InChI is InChI=1S/C9H7O3/c10-3-1-2-7-4-8(11)6-9(12)5-7/h1-2,4-6,11-12H/b2-1+. The molecule has 0 bridgehead atoms. The Balaban J connectivity index is 3.00. The van der Waals surface area contributed by atoms with Crippen LogP contribution in [0.5, 0.6) is 11.5 Å². The van der Waals surface area contributed by atoms with Crippen molar-refractivity contribution in [3.05, 3.63) is 29.8 Å². The zero-order chi connectivity index (χ0) is 8.97. The Kier molecular flexibility index (Phi) is 2.48. The normalized spacial score (nSPS) is 10.3. The van der Waals surface area contributed by atoms with Crippen LogP contribution in [0.1, 0.15) is 5.56 Å². The first-order valence-electron chi connectivity index (χ1n) is 3.29. The maximum absolute atomic E-state index is 9.81. The van der Waals surface area contributed by atoms with E-state index in [0.29, 0.717) is 5.56 Å². The van der Waals surface area contributed by atoms with Gasteiger partial charge in [0.05, 0.1) is 0 Å². The molecule has 0 spiro atoms. The molecule has 0 fully saturated rings. The van der Waals surface area contributed by atoms with Crippen LogP contribution in [0.25, 0.3) is 6.08 Å². The molecule has 61 valence electrons. The second kappa shape index (κ2) is 3.57. The number of carbonyl (C=O) groups excluding carboxylic acids is 1. The molecule has 3 nitrogen and oxygen atoms in total. The van der Waals surface area contributed by atoms with E-state index in [0.717, 1.165) is 6.08 Å². The second-order valence-electron chi connectivity index (χ2n) is 2.23. The van der Waals surface area contributed by atoms with Crippen molar-refractivity contribution in [2.75, 3.05) is 0 Å². The lowest BCUT2D eigenvalue weighted by atomic mass is 10.2. The highest BCUT2D eigenvalue weighted by molar-refractivity contribution is 5.74. The highest BCUT2D eigenvalue weighted by Crippen LogP contribution is 2.20. The summed E-state index contributed by atoms with van der Waals surface area (Å²) in [6.07, 6.45) is 4.16. The molecule has 0 heterocycles. The molecule has 1 aromatic rings. The largest absolute Gasteiger partial charge is 0.508 e. The minimum atomic E-state index is -0.0412. The topological polar surface area (TPSA) is 57.5 Å². The predicted octanol–water partition coefficient (Wildman–Crippen LogP) is 1.22. The molecule has 2 N–H and O–H groups in total. The molecule has 1 radical (unpaired) electrons. The molecule has 0 saturated heterocycles. The molecule has 0 atom stereocenters. The molecule has 0 aliphatic carbocycles. The Hall–Kier alpha value is -1.77. The third-order valence-electron chi connectivity index (χ3n) is 1.27. The van der Waals surface area contributed by atoms with Gasteiger partial charge in [-0.3, -0.25) is 4.79 Å². The van der Waals surface area contributed by atoms with Crippen molar-refractivity contribution in [2.45, 2.75) is 0 Å². The van der Waals surface area contributed by atoms with Crippen LogP contribution in [0.2, 0.25) is 0 Å². The molecule has 0 aromatic heterocycles. The predicted molar refractivity (Wildman–Crippen MR) is 44.5 cm³/mol. The van der Waals surface area contributed by atoms with Gasteiger partial charge in [-0.15, -0.1) is 0 Å². The Morgan fingerprint density at radius 1 is 1.17 bits per heavy atom. The molecule has 0 aliphatic heterocycles. The van der Waals surface area contributed by atoms with E-state index in [1.807, 2.05) is 0 Å². The number of aromatic hydroxyl groups is 2. The van der Waals surface area contributed by atoms with E-state index in [-0.39, 0.29) is 11.5 Å². The number of hydrogen-bond donors (Lipinski definition) is 2. The minimum Gasteiger partial charge on any atom is -0.508 e. The summed E-state index contributed by atoms with van der Waals surface area (Å²) >= 11 is 0. The van der Waals surface area contributed by atoms with Crippen molar-refractivity contribution < 1.29 is 15.0 Å². The van der Waals surface area contributed by atoms with E-state index in [1.54, 1.807) is 6.29 Å². The van der Waals surface area contributed by atoms with Crippen molar-refractivity contribution in [2.24, 2.45) is 0 Å². The minimum absolute atomic E-state index is 0.0412. The molecule has 3 heteroatoms. The first kappa shape index (κ1) is 8.33. The average Bonchev–Trinajstić information content (AvgIpc) is 1.99. The van der Waals surface area contributed by atoms with Gasteiger partial charge in [0.1, 0.15) is 11.5 Å². The molecule has 1 rings (SSSR count). The van der Waals surface area contributed by atoms with Gasteiger partial charge in [0, 0.05) is 6.07 Å². The van der Waals surface area contributed by atoms with Crippen LogP contribution in [-0.2, 0) is 4.79 Å². The van der Waals surface area contributed by atoms with E-state index < -0.39 is 0 Å². The Labute approximate surface area is 69.6 Å². The van der Waals surface area contributed by atoms with Crippen LogP contribution in [0, 0.1) is 0 Å². The molecular formula is C9H7O3. The van der Waals surface area contributed by atoms with E-state index in [2.05, 4.69) is 0 Å². The van der Waals surface area contributed by atoms with Gasteiger partial charge in [-0.25, -0.2) is 0 Å². The van der Waals surface area contributed by atoms with Gasteiger partial charge in [0.15, 0.2) is 0 Å². The SMILES string of the molecule is O=[C]/C=C/c1cc(O)cc(O)c1. The summed E-state index contributed by atoms with van der Waals surface area (Å²) in [5.74, 6) is -0.0823. The number of benzene rings is 1. The summed E-state index contributed by atoms with van der Waals surface area (Å²) in [5, 5.41) is 18.0. The monoisotopic (exact) mass is 163 g/mol. The van der Waals surface area contributed by atoms with Gasteiger partial charge in [-0.1, -0.05) is 6.08 Å². The van der Waals surface area contributed by atoms with Crippen molar-refractivity contribution in [1.29, 1.82) is 0 Å². The van der Waals surface area contributed by atoms with Crippen LogP contribution >= 0.6 is 0 Å². The zero-order valence-electron chi connectivity index (χ0n) is 6.19. The maximum atomic E-state index is 9.81. The van der Waals surface area contributed by atoms with Crippen molar-refractivity contribution >= 4 is 12.4 Å². The van der Waals surface area contributed by atoms with Gasteiger partial charge in [-0.2, -0.15) is 0 Å². The smallest absolute Gasteiger partial charge is 0.225 e. The van der Waals surface area contributed by atoms with Gasteiger partial charge >= 0.3 is 0 Å². The first-order valence-corrected chi connectivity index (χ1v) is 3.29. The van der Waals surface area contributed by atoms with Crippen LogP contribution in [0.3, 0.4) is 0 Å². The molecule has 1 aromatic carbocycles. The summed E-state index contributed by atoms with van der Waals surface area (Å²) in [5.41, 5.74) is 0.552. The number of allylic oxidation sites excluding steroid dienone is 1. The van der Waals surface area contributed by atoms with Crippen LogP contribution in [-0.4, -0.2) is 16.5 Å². The quantitative estimate of drug-likeness (QED) is 0.644. The number of hydrogen-bond acceptors (Lipinski definition) is 3. The Bertz CT molecular complexity index is 295. The molecule has 0 amide bonds. The third-order valence-corrected chi connectivity index (χ3v) is 1.27. The fourth-order valence-corrected chi connectivity index (χ4v) is 0.845. The first-order chi connectivity index (χ1) is 5.72. The summed E-state index contributed by atoms with van der Waals surface area (Å²) < 4.78 is 0. The lowest BCUT2D eigenvalue weighted by Crippen LogP contribution is -1.73. The Morgan fingerprint density at radius 3 is 2.25 bits per heavy atom. The summed E-state index contributed by atoms with van der Waals surface area (Å²) in [7, 11) is 0. The fourth-order valence-electron chi connectivity index (χ4n) is 0.845. The van der Waals surface area contributed by atoms with E-state index in [1.165, 1.54) is 24.3 Å². The summed E-state index contributed by atoms with van der Waals surface area (Å²) in [4.78, 5) is 9.81. The molecule has 0 unspecified atom stereocenters. The third kappa shape index (κ3) is 2.12. The molecular weight excluding hydrogens is 156 g/mol. The van der Waals surface area contributed by atoms with Crippen LogP contribution in [0.4, 0.5) is 0 Å². The summed E-state index contributed by atoms with van der Waals surface area (Å²) in [6, 6.07) is 4.06. The lowest BCUT2D eigenvalue weighted by molar-refractivity contribution is 0.450. The average molecular weight is 163 g/mol. The fraction of sp³-hybridized carbons (Fsp3) is 0. The van der Waals surface area contributed by atoms with Crippen molar-refractivity contribution in [3.63, 3.8) is 0 Å². The van der Waals surface area contributed by atoms with Gasteiger partial charge in [0.2, 0.25) is 6.29 Å². The van der Waals surface area contributed by atoms with Crippen LogP contribution < -0.4 is 0 Å². The highest BCUT2D eigenvalue weighted by atomic mass is 16.3. The number of phenolic OH excluding ortho intramolecular Hbond substituents is 2. The van der Waals surface area contributed by atoms with Crippen molar-refractivity contribution in [1.82, 2.24) is 0 Å². The highest BCUT2D eigenvalue weighted by Gasteiger charge is 1.94. The maximum Gasteiger partial charge on any atom is 0.225 e. The number of phenols is 2. The van der Waals surface area contributed by atoms with E-state index >= 15 is 0 Å². The molecule has 0 saturated carbocycles. The zero-order valence-corrected chi connectivity index (χ0v) is 6.19. The van der Waals surface area contributed by atoms with E-state index in [4.69, 9.17) is 10.2 Å². The second-order valence-corrected chi connectivity index (χ2v) is 2.23. The van der Waals surface area contributed by atoms with Gasteiger partial charge in [-0.05, 0) is 23.8 Å². The van der Waals surface area contributed by atoms with E-state index in [9.17, 15) is 4.79 Å². The van der Waals surface area contributed by atoms with Crippen molar-refractivity contribution in [3.8, 4) is 11.5 Å². The molecule has 12 heavy (non-hydrogen) atoms. The Morgan fingerprint density at radius 2 is 1.75 bits per heavy atom. The lowest BCUT2D eigenvalue weighted by Gasteiger charge is -1.96. The van der Waals surface area contributed by atoms with Gasteiger partial charge < -0.3 is 10.2 Å².